The summed E-state index contributed by atoms with van der Waals surface area (Å²) in [6, 6.07) is 16.2. The molecule has 168 valence electrons. The van der Waals surface area contributed by atoms with Gasteiger partial charge in [-0.2, -0.15) is 13.2 Å². The van der Waals surface area contributed by atoms with Gasteiger partial charge in [0, 0.05) is 17.9 Å². The smallest absolute Gasteiger partial charge is 0.358 e. The molecule has 0 aliphatic carbocycles. The Morgan fingerprint density at radius 3 is 2.31 bits per heavy atom. The second-order valence-corrected chi connectivity index (χ2v) is 8.68. The second kappa shape index (κ2) is 9.53. The van der Waals surface area contributed by atoms with Crippen molar-refractivity contribution in [3.63, 3.8) is 0 Å². The quantitative estimate of drug-likeness (QED) is 0.335. The molecule has 0 atom stereocenters. The molecular weight excluding hydrogens is 466 g/mol. The van der Waals surface area contributed by atoms with E-state index in [0.29, 0.717) is 12.6 Å². The number of nitrogens with one attached hydrogen (secondary N) is 3. The largest absolute Gasteiger partial charge is 0.416 e. The normalized spacial score (nSPS) is 11.6. The Labute approximate surface area is 187 Å². The number of alkyl halides is 3. The van der Waals surface area contributed by atoms with E-state index in [1.807, 2.05) is 35.1 Å². The molecule has 3 rings (SSSR count). The Balaban J connectivity index is 1.75. The molecule has 0 radical (unpaired) electrons. The van der Waals surface area contributed by atoms with Crippen molar-refractivity contribution >= 4 is 38.7 Å². The highest BCUT2D eigenvalue weighted by molar-refractivity contribution is 7.92. The molecule has 0 spiro atoms. The van der Waals surface area contributed by atoms with E-state index in [0.717, 1.165) is 35.9 Å². The molecule has 0 aliphatic rings. The Morgan fingerprint density at radius 2 is 1.62 bits per heavy atom. The summed E-state index contributed by atoms with van der Waals surface area (Å²) in [7, 11) is -4.52. The Hall–Kier alpha value is -3.18. The molecule has 0 heterocycles. The number of hydrogen-bond donors (Lipinski definition) is 3. The van der Waals surface area contributed by atoms with Gasteiger partial charge in [-0.25, -0.2) is 12.8 Å². The zero-order valence-electron chi connectivity index (χ0n) is 16.3. The maximum atomic E-state index is 14.3. The monoisotopic (exact) mass is 483 g/mol. The van der Waals surface area contributed by atoms with Gasteiger partial charge in [-0.1, -0.05) is 36.4 Å². The van der Waals surface area contributed by atoms with Gasteiger partial charge < -0.3 is 10.6 Å². The van der Waals surface area contributed by atoms with Crippen molar-refractivity contribution in [3.8, 4) is 0 Å². The van der Waals surface area contributed by atoms with Crippen LogP contribution in [0.15, 0.2) is 77.7 Å². The number of thiocarbonyl (C=S) groups is 1. The Bertz CT molecular complexity index is 1220. The third kappa shape index (κ3) is 6.17. The second-order valence-electron chi connectivity index (χ2n) is 6.62. The first-order chi connectivity index (χ1) is 15.0. The predicted octanol–water partition coefficient (Wildman–Crippen LogP) is 5.13. The molecule has 5 nitrogen and oxygen atoms in total. The van der Waals surface area contributed by atoms with E-state index in [9.17, 15) is 26.0 Å². The number of hydrogen-bond acceptors (Lipinski definition) is 3. The van der Waals surface area contributed by atoms with Crippen LogP contribution in [0, 0.1) is 5.82 Å². The van der Waals surface area contributed by atoms with Gasteiger partial charge in [0.15, 0.2) is 5.11 Å². The van der Waals surface area contributed by atoms with Crippen LogP contribution in [0.3, 0.4) is 0 Å². The number of sulfonamides is 1. The van der Waals surface area contributed by atoms with E-state index in [1.165, 1.54) is 6.07 Å². The van der Waals surface area contributed by atoms with E-state index in [-0.39, 0.29) is 16.5 Å². The highest BCUT2D eigenvalue weighted by atomic mass is 32.2. The SMILES string of the molecule is O=S(=O)(Nc1cccc(C(F)(F)F)c1)c1cc(NC(=S)NCc2ccccc2)ccc1F. The van der Waals surface area contributed by atoms with Crippen molar-refractivity contribution in [2.45, 2.75) is 17.6 Å². The van der Waals surface area contributed by atoms with Crippen LogP contribution in [-0.4, -0.2) is 13.5 Å². The molecule has 0 saturated heterocycles. The molecule has 11 heteroatoms. The highest BCUT2D eigenvalue weighted by Crippen LogP contribution is 2.31. The topological polar surface area (TPSA) is 70.2 Å². The maximum Gasteiger partial charge on any atom is 0.416 e. The lowest BCUT2D eigenvalue weighted by Crippen LogP contribution is -2.28. The van der Waals surface area contributed by atoms with Crippen LogP contribution in [0.1, 0.15) is 11.1 Å². The maximum absolute atomic E-state index is 14.3. The molecule has 0 saturated carbocycles. The number of benzene rings is 3. The number of halogens is 4. The standard InChI is InChI=1S/C21H17F4N3O2S2/c22-18-10-9-16(27-20(31)26-13-14-5-2-1-3-6-14)12-19(18)32(29,30)28-17-8-4-7-15(11-17)21(23,24)25/h1-12,28H,13H2,(H2,26,27,31). The minimum atomic E-state index is -4.65. The van der Waals surface area contributed by atoms with Gasteiger partial charge >= 0.3 is 6.18 Å². The predicted molar refractivity (Wildman–Crippen MR) is 118 cm³/mol. The summed E-state index contributed by atoms with van der Waals surface area (Å²) in [6.45, 7) is 0.413. The molecule has 0 fully saturated rings. The van der Waals surface area contributed by atoms with Crippen molar-refractivity contribution < 1.29 is 26.0 Å². The molecule has 0 aromatic heterocycles. The van der Waals surface area contributed by atoms with Crippen LogP contribution in [0.5, 0.6) is 0 Å². The van der Waals surface area contributed by atoms with Crippen LogP contribution >= 0.6 is 12.2 Å². The lowest BCUT2D eigenvalue weighted by molar-refractivity contribution is -0.137. The molecule has 0 unspecified atom stereocenters. The first-order valence-corrected chi connectivity index (χ1v) is 11.0. The van der Waals surface area contributed by atoms with Gasteiger partial charge in [-0.15, -0.1) is 0 Å². The van der Waals surface area contributed by atoms with Crippen molar-refractivity contribution in [2.24, 2.45) is 0 Å². The zero-order chi connectivity index (χ0) is 23.4. The van der Waals surface area contributed by atoms with Gasteiger partial charge in [0.2, 0.25) is 0 Å². The molecule has 0 bridgehead atoms. The zero-order valence-corrected chi connectivity index (χ0v) is 17.9. The Kier molecular flexibility index (Phi) is 6.99. The molecule has 0 amide bonds. The fraction of sp³-hybridized carbons (Fsp3) is 0.0952. The molecule has 3 aromatic rings. The van der Waals surface area contributed by atoms with Gasteiger partial charge in [0.1, 0.15) is 10.7 Å². The fourth-order valence-corrected chi connectivity index (χ4v) is 4.05. The summed E-state index contributed by atoms with van der Waals surface area (Å²) in [5.74, 6) is -1.07. The number of anilines is 2. The average molecular weight is 484 g/mol. The van der Waals surface area contributed by atoms with E-state index >= 15 is 0 Å². The first-order valence-electron chi connectivity index (χ1n) is 9.13. The van der Waals surface area contributed by atoms with Gasteiger partial charge in [-0.3, -0.25) is 4.72 Å². The van der Waals surface area contributed by atoms with E-state index in [1.54, 1.807) is 0 Å². The van der Waals surface area contributed by atoms with Crippen LogP contribution in [-0.2, 0) is 22.7 Å². The summed E-state index contributed by atoms with van der Waals surface area (Å²) >= 11 is 5.17. The Morgan fingerprint density at radius 1 is 0.906 bits per heavy atom. The summed E-state index contributed by atoms with van der Waals surface area (Å²) in [5, 5.41) is 5.87. The van der Waals surface area contributed by atoms with E-state index in [4.69, 9.17) is 12.2 Å². The van der Waals surface area contributed by atoms with Gasteiger partial charge in [-0.05, 0) is 54.2 Å². The van der Waals surface area contributed by atoms with E-state index in [2.05, 4.69) is 10.6 Å². The summed E-state index contributed by atoms with van der Waals surface area (Å²) in [5.41, 5.74) is -0.244. The first kappa shape index (κ1) is 23.5. The molecule has 3 N–H and O–H groups in total. The highest BCUT2D eigenvalue weighted by Gasteiger charge is 2.31. The van der Waals surface area contributed by atoms with Gasteiger partial charge in [0.25, 0.3) is 10.0 Å². The summed E-state index contributed by atoms with van der Waals surface area (Å²) in [6.07, 6.45) is -4.65. The number of rotatable bonds is 6. The fourth-order valence-electron chi connectivity index (χ4n) is 2.71. The van der Waals surface area contributed by atoms with Crippen LogP contribution in [0.25, 0.3) is 0 Å². The van der Waals surface area contributed by atoms with Crippen molar-refractivity contribution in [3.05, 3.63) is 89.7 Å². The van der Waals surface area contributed by atoms with Crippen molar-refractivity contribution in [1.82, 2.24) is 5.32 Å². The lowest BCUT2D eigenvalue weighted by Gasteiger charge is -2.14. The molecule has 0 aliphatic heterocycles. The summed E-state index contributed by atoms with van der Waals surface area (Å²) < 4.78 is 80.1. The minimum Gasteiger partial charge on any atom is -0.358 e. The molecular formula is C21H17F4N3O2S2. The van der Waals surface area contributed by atoms with Crippen LogP contribution in [0.4, 0.5) is 28.9 Å². The van der Waals surface area contributed by atoms with Crippen LogP contribution in [0.2, 0.25) is 0 Å². The molecule has 3 aromatic carbocycles. The minimum absolute atomic E-state index is 0.176. The average Bonchev–Trinajstić information content (AvgIpc) is 2.73. The third-order valence-electron chi connectivity index (χ3n) is 4.22. The summed E-state index contributed by atoms with van der Waals surface area (Å²) in [4.78, 5) is -0.745. The lowest BCUT2D eigenvalue weighted by atomic mass is 10.2. The van der Waals surface area contributed by atoms with Crippen LogP contribution < -0.4 is 15.4 Å². The van der Waals surface area contributed by atoms with Crippen molar-refractivity contribution in [2.75, 3.05) is 10.0 Å². The van der Waals surface area contributed by atoms with Gasteiger partial charge in [0.05, 0.1) is 5.56 Å². The third-order valence-corrected chi connectivity index (χ3v) is 5.86. The van der Waals surface area contributed by atoms with Crippen molar-refractivity contribution in [1.29, 1.82) is 0 Å². The van der Waals surface area contributed by atoms with E-state index < -0.39 is 32.5 Å². The molecule has 32 heavy (non-hydrogen) atoms.